The summed E-state index contributed by atoms with van der Waals surface area (Å²) in [5.41, 5.74) is 1.45. The van der Waals surface area contributed by atoms with Gasteiger partial charge in [0.1, 0.15) is 6.04 Å². The quantitative estimate of drug-likeness (QED) is 0.430. The van der Waals surface area contributed by atoms with E-state index in [0.717, 1.165) is 3.57 Å². The molecular formula is C19H19IN2O5. The lowest BCUT2D eigenvalue weighted by Crippen LogP contribution is -2.49. The number of nitrogens with one attached hydrogen (secondary N) is 2. The first kappa shape index (κ1) is 20.7. The monoisotopic (exact) mass is 482 g/mol. The Kier molecular flexibility index (Phi) is 7.17. The Hall–Kier alpha value is -2.62. The molecule has 7 nitrogen and oxygen atoms in total. The second-order valence-electron chi connectivity index (χ2n) is 5.86. The number of benzene rings is 2. The second-order valence-corrected chi connectivity index (χ2v) is 7.11. The van der Waals surface area contributed by atoms with Gasteiger partial charge >= 0.3 is 11.9 Å². The van der Waals surface area contributed by atoms with Crippen LogP contribution in [-0.4, -0.2) is 41.1 Å². The van der Waals surface area contributed by atoms with Gasteiger partial charge in [-0.1, -0.05) is 30.3 Å². The summed E-state index contributed by atoms with van der Waals surface area (Å²) >= 11 is 2.04. The van der Waals surface area contributed by atoms with Crippen LogP contribution < -0.4 is 10.6 Å². The van der Waals surface area contributed by atoms with Crippen LogP contribution in [0.15, 0.2) is 48.5 Å². The molecule has 1 unspecified atom stereocenters. The Labute approximate surface area is 169 Å². The SMILES string of the molecule is CNc1ccc(I)cc1C(=O)N[C@H](C(=O)O)C(Cc1ccccc1)C(=O)O. The molecule has 0 aliphatic carbocycles. The van der Waals surface area contributed by atoms with Crippen molar-refractivity contribution in [1.82, 2.24) is 5.32 Å². The molecule has 0 saturated heterocycles. The fraction of sp³-hybridized carbons (Fsp3) is 0.211. The van der Waals surface area contributed by atoms with Crippen LogP contribution in [0.1, 0.15) is 15.9 Å². The van der Waals surface area contributed by atoms with Gasteiger partial charge in [0.15, 0.2) is 0 Å². The van der Waals surface area contributed by atoms with Gasteiger partial charge in [0.05, 0.1) is 11.5 Å². The van der Waals surface area contributed by atoms with Crippen LogP contribution in [0.4, 0.5) is 5.69 Å². The van der Waals surface area contributed by atoms with Crippen molar-refractivity contribution in [2.45, 2.75) is 12.5 Å². The molecule has 2 aromatic rings. The zero-order valence-corrected chi connectivity index (χ0v) is 16.6. The molecule has 2 rings (SSSR count). The predicted octanol–water partition coefficient (Wildman–Crippen LogP) is 2.46. The molecule has 0 fully saturated rings. The van der Waals surface area contributed by atoms with Crippen LogP contribution >= 0.6 is 22.6 Å². The van der Waals surface area contributed by atoms with Gasteiger partial charge in [-0.2, -0.15) is 0 Å². The van der Waals surface area contributed by atoms with Crippen LogP contribution in [0.3, 0.4) is 0 Å². The molecule has 0 spiro atoms. The highest BCUT2D eigenvalue weighted by atomic mass is 127. The highest BCUT2D eigenvalue weighted by Gasteiger charge is 2.35. The van der Waals surface area contributed by atoms with E-state index >= 15 is 0 Å². The van der Waals surface area contributed by atoms with Crippen molar-refractivity contribution in [2.24, 2.45) is 5.92 Å². The summed E-state index contributed by atoms with van der Waals surface area (Å²) in [6, 6.07) is 12.2. The average molecular weight is 482 g/mol. The van der Waals surface area contributed by atoms with Gasteiger partial charge in [0.25, 0.3) is 5.91 Å². The van der Waals surface area contributed by atoms with Gasteiger partial charge in [-0.05, 0) is 52.8 Å². The normalized spacial score (nSPS) is 12.7. The number of hydrogen-bond acceptors (Lipinski definition) is 4. The zero-order chi connectivity index (χ0) is 20.0. The van der Waals surface area contributed by atoms with Crippen molar-refractivity contribution in [3.63, 3.8) is 0 Å². The number of carboxylic acids is 2. The van der Waals surface area contributed by atoms with Crippen molar-refractivity contribution in [1.29, 1.82) is 0 Å². The van der Waals surface area contributed by atoms with Gasteiger partial charge in [-0.15, -0.1) is 0 Å². The maximum Gasteiger partial charge on any atom is 0.327 e. The molecule has 2 aromatic carbocycles. The molecule has 0 aliphatic rings. The fourth-order valence-corrected chi connectivity index (χ4v) is 3.18. The average Bonchev–Trinajstić information content (AvgIpc) is 2.64. The number of aliphatic carboxylic acids is 2. The molecule has 0 aliphatic heterocycles. The van der Waals surface area contributed by atoms with Crippen LogP contribution in [0.2, 0.25) is 0 Å². The van der Waals surface area contributed by atoms with Crippen LogP contribution in [-0.2, 0) is 16.0 Å². The van der Waals surface area contributed by atoms with Gasteiger partial charge in [-0.25, -0.2) is 4.79 Å². The Morgan fingerprint density at radius 1 is 1.04 bits per heavy atom. The number of carbonyl (C=O) groups excluding carboxylic acids is 1. The minimum atomic E-state index is -1.57. The number of anilines is 1. The molecule has 8 heteroatoms. The minimum absolute atomic E-state index is 0.0152. The molecule has 27 heavy (non-hydrogen) atoms. The van der Waals surface area contributed by atoms with Crippen molar-refractivity contribution in [3.8, 4) is 0 Å². The van der Waals surface area contributed by atoms with Gasteiger partial charge < -0.3 is 20.8 Å². The largest absolute Gasteiger partial charge is 0.481 e. The highest BCUT2D eigenvalue weighted by molar-refractivity contribution is 14.1. The smallest absolute Gasteiger partial charge is 0.327 e. The van der Waals surface area contributed by atoms with Crippen LogP contribution in [0.5, 0.6) is 0 Å². The van der Waals surface area contributed by atoms with E-state index < -0.39 is 29.8 Å². The molecular weight excluding hydrogens is 463 g/mol. The lowest BCUT2D eigenvalue weighted by Gasteiger charge is -2.22. The third kappa shape index (κ3) is 5.43. The number of rotatable bonds is 8. The second kappa shape index (κ2) is 9.36. The molecule has 0 bridgehead atoms. The topological polar surface area (TPSA) is 116 Å². The first-order chi connectivity index (χ1) is 12.8. The molecule has 0 radical (unpaired) electrons. The molecule has 4 N–H and O–H groups in total. The van der Waals surface area contributed by atoms with E-state index in [-0.39, 0.29) is 12.0 Å². The Balaban J connectivity index is 2.30. The molecule has 0 aromatic heterocycles. The van der Waals surface area contributed by atoms with Crippen molar-refractivity contribution in [3.05, 3.63) is 63.2 Å². The number of hydrogen-bond donors (Lipinski definition) is 4. The van der Waals surface area contributed by atoms with E-state index in [1.165, 1.54) is 0 Å². The summed E-state index contributed by atoms with van der Waals surface area (Å²) < 4.78 is 0.794. The first-order valence-electron chi connectivity index (χ1n) is 8.11. The summed E-state index contributed by atoms with van der Waals surface area (Å²) in [4.78, 5) is 36.1. The van der Waals surface area contributed by atoms with Gasteiger partial charge in [0.2, 0.25) is 0 Å². The van der Waals surface area contributed by atoms with E-state index in [1.54, 1.807) is 55.6 Å². The van der Waals surface area contributed by atoms with E-state index in [2.05, 4.69) is 10.6 Å². The summed E-state index contributed by atoms with van der Waals surface area (Å²) in [6.45, 7) is 0. The first-order valence-corrected chi connectivity index (χ1v) is 9.19. The van der Waals surface area contributed by atoms with E-state index in [0.29, 0.717) is 11.3 Å². The summed E-state index contributed by atoms with van der Waals surface area (Å²) in [6.07, 6.45) is -0.0152. The Morgan fingerprint density at radius 3 is 2.26 bits per heavy atom. The third-order valence-corrected chi connectivity index (χ3v) is 4.74. The zero-order valence-electron chi connectivity index (χ0n) is 14.5. The van der Waals surface area contributed by atoms with Crippen molar-refractivity contribution < 1.29 is 24.6 Å². The van der Waals surface area contributed by atoms with E-state index in [1.807, 2.05) is 22.6 Å². The van der Waals surface area contributed by atoms with E-state index in [4.69, 9.17) is 0 Å². The van der Waals surface area contributed by atoms with Gasteiger partial charge in [0, 0.05) is 16.3 Å². The number of amides is 1. The predicted molar refractivity (Wildman–Crippen MR) is 109 cm³/mol. The number of halogens is 1. The Bertz CT molecular complexity index is 841. The molecule has 1 amide bonds. The van der Waals surface area contributed by atoms with Crippen LogP contribution in [0.25, 0.3) is 0 Å². The lowest BCUT2D eigenvalue weighted by molar-refractivity contribution is -0.150. The highest BCUT2D eigenvalue weighted by Crippen LogP contribution is 2.20. The molecule has 0 saturated carbocycles. The third-order valence-electron chi connectivity index (χ3n) is 4.07. The number of carboxylic acid groups (broad SMARTS) is 2. The summed E-state index contributed by atoms with van der Waals surface area (Å²) in [5.74, 6) is -4.65. The standard InChI is InChI=1S/C19H19IN2O5/c1-21-15-8-7-12(20)10-13(15)17(23)22-16(19(26)27)14(18(24)25)9-11-5-3-2-4-6-11/h2-8,10,14,16,21H,9H2,1H3,(H,22,23)(H,24,25)(H,26,27)/t14?,16-/m0/s1. The molecule has 0 heterocycles. The van der Waals surface area contributed by atoms with E-state index in [9.17, 15) is 24.6 Å². The van der Waals surface area contributed by atoms with Crippen molar-refractivity contribution >= 4 is 46.1 Å². The fourth-order valence-electron chi connectivity index (χ4n) is 2.69. The number of carbonyl (C=O) groups is 3. The summed E-state index contributed by atoms with van der Waals surface area (Å²) in [7, 11) is 1.64. The van der Waals surface area contributed by atoms with Crippen LogP contribution in [0, 0.1) is 9.49 Å². The van der Waals surface area contributed by atoms with Gasteiger partial charge in [-0.3, -0.25) is 9.59 Å². The maximum absolute atomic E-state index is 12.7. The maximum atomic E-state index is 12.7. The molecule has 142 valence electrons. The summed E-state index contributed by atoms with van der Waals surface area (Å²) in [5, 5.41) is 24.4. The minimum Gasteiger partial charge on any atom is -0.481 e. The lowest BCUT2D eigenvalue weighted by atomic mass is 9.91. The van der Waals surface area contributed by atoms with Crippen molar-refractivity contribution in [2.75, 3.05) is 12.4 Å². The molecule has 2 atom stereocenters. The Morgan fingerprint density at radius 2 is 1.70 bits per heavy atom.